The summed E-state index contributed by atoms with van der Waals surface area (Å²) < 4.78 is 5.42. The fraction of sp³-hybridized carbons (Fsp3) is 0.632. The third-order valence-electron chi connectivity index (χ3n) is 4.27. The van der Waals surface area contributed by atoms with Gasteiger partial charge in [0.1, 0.15) is 5.60 Å². The van der Waals surface area contributed by atoms with E-state index in [2.05, 4.69) is 41.5 Å². The second-order valence-corrected chi connectivity index (χ2v) is 7.51. The van der Waals surface area contributed by atoms with Crippen molar-refractivity contribution in [3.05, 3.63) is 35.9 Å². The van der Waals surface area contributed by atoms with Crippen LogP contribution in [-0.4, -0.2) is 35.7 Å². The van der Waals surface area contributed by atoms with E-state index in [1.54, 1.807) is 0 Å². The van der Waals surface area contributed by atoms with Crippen molar-refractivity contribution >= 4 is 6.09 Å². The zero-order valence-corrected chi connectivity index (χ0v) is 14.8. The molecule has 1 aromatic carbocycles. The van der Waals surface area contributed by atoms with Crippen LogP contribution in [0.3, 0.4) is 0 Å². The average Bonchev–Trinajstić information content (AvgIpc) is 2.46. The molecule has 2 rings (SSSR count). The van der Waals surface area contributed by atoms with Crippen molar-refractivity contribution in [2.24, 2.45) is 0 Å². The Labute approximate surface area is 140 Å². The number of nitrogens with one attached hydrogen (secondary N) is 1. The number of alkyl carbamates (subject to hydrolysis) is 1. The Morgan fingerprint density at radius 1 is 1.22 bits per heavy atom. The van der Waals surface area contributed by atoms with Crippen LogP contribution in [0.5, 0.6) is 0 Å². The summed E-state index contributed by atoms with van der Waals surface area (Å²) in [6.07, 6.45) is 4.21. The van der Waals surface area contributed by atoms with Crippen LogP contribution in [-0.2, 0) is 11.3 Å². The molecular weight excluding hydrogens is 288 g/mol. The predicted octanol–water partition coefficient (Wildman–Crippen LogP) is 3.95. The van der Waals surface area contributed by atoms with Crippen LogP contribution in [0.4, 0.5) is 4.79 Å². The molecule has 0 radical (unpaired) electrons. The van der Waals surface area contributed by atoms with Gasteiger partial charge in [0.05, 0.1) is 0 Å². The van der Waals surface area contributed by atoms with E-state index in [-0.39, 0.29) is 12.1 Å². The molecule has 0 bridgehead atoms. The number of carbonyl (C=O) groups is 1. The Morgan fingerprint density at radius 3 is 2.52 bits per heavy atom. The molecule has 4 heteroatoms. The number of amides is 1. The van der Waals surface area contributed by atoms with Gasteiger partial charge in [0.25, 0.3) is 0 Å². The standard InChI is InChI=1S/C19H30N2O2/c1-19(2,3)23-18(22)20-16-12-8-9-13-17(16)21(4)14-15-10-6-5-7-11-15/h5-7,10-11,16-17H,8-9,12-14H2,1-4H3,(H,20,22)/t16-,17+/m1/s1. The molecule has 0 unspecified atom stereocenters. The maximum Gasteiger partial charge on any atom is 0.407 e. The first-order valence-corrected chi connectivity index (χ1v) is 8.59. The minimum Gasteiger partial charge on any atom is -0.444 e. The minimum atomic E-state index is -0.454. The third-order valence-corrected chi connectivity index (χ3v) is 4.27. The van der Waals surface area contributed by atoms with E-state index >= 15 is 0 Å². The lowest BCUT2D eigenvalue weighted by molar-refractivity contribution is 0.0437. The first-order valence-electron chi connectivity index (χ1n) is 8.59. The average molecular weight is 318 g/mol. The summed E-state index contributed by atoms with van der Waals surface area (Å²) in [6, 6.07) is 11.0. The van der Waals surface area contributed by atoms with Gasteiger partial charge in [-0.05, 0) is 46.2 Å². The van der Waals surface area contributed by atoms with Crippen LogP contribution in [0, 0.1) is 0 Å². The molecule has 4 nitrogen and oxygen atoms in total. The van der Waals surface area contributed by atoms with Gasteiger partial charge in [0.2, 0.25) is 0 Å². The lowest BCUT2D eigenvalue weighted by atomic mass is 9.89. The van der Waals surface area contributed by atoms with Gasteiger partial charge in [-0.2, -0.15) is 0 Å². The third kappa shape index (κ3) is 5.87. The zero-order chi connectivity index (χ0) is 16.9. The SMILES string of the molecule is CN(Cc1ccccc1)[C@H]1CCCC[C@H]1NC(=O)OC(C)(C)C. The second-order valence-electron chi connectivity index (χ2n) is 7.51. The van der Waals surface area contributed by atoms with Crippen molar-refractivity contribution in [1.29, 1.82) is 0 Å². The van der Waals surface area contributed by atoms with E-state index in [0.717, 1.165) is 25.8 Å². The van der Waals surface area contributed by atoms with E-state index in [0.29, 0.717) is 6.04 Å². The lowest BCUT2D eigenvalue weighted by Crippen LogP contribution is -2.52. The zero-order valence-electron chi connectivity index (χ0n) is 14.8. The summed E-state index contributed by atoms with van der Waals surface area (Å²) in [5.74, 6) is 0. The normalized spacial score (nSPS) is 22.0. The van der Waals surface area contributed by atoms with E-state index in [4.69, 9.17) is 4.74 Å². The van der Waals surface area contributed by atoms with Crippen molar-refractivity contribution in [2.75, 3.05) is 7.05 Å². The van der Waals surface area contributed by atoms with Crippen LogP contribution in [0.15, 0.2) is 30.3 Å². The van der Waals surface area contributed by atoms with E-state index in [1.165, 1.54) is 12.0 Å². The van der Waals surface area contributed by atoms with Crippen molar-refractivity contribution in [3.63, 3.8) is 0 Å². The summed E-state index contributed by atoms with van der Waals surface area (Å²) in [5, 5.41) is 3.09. The number of carbonyl (C=O) groups excluding carboxylic acids is 1. The van der Waals surface area contributed by atoms with Gasteiger partial charge in [0, 0.05) is 18.6 Å². The van der Waals surface area contributed by atoms with Gasteiger partial charge in [-0.25, -0.2) is 4.79 Å². The van der Waals surface area contributed by atoms with Crippen LogP contribution >= 0.6 is 0 Å². The summed E-state index contributed by atoms with van der Waals surface area (Å²) in [4.78, 5) is 14.5. The monoisotopic (exact) mass is 318 g/mol. The van der Waals surface area contributed by atoms with Crippen molar-refractivity contribution in [3.8, 4) is 0 Å². The summed E-state index contributed by atoms with van der Waals surface area (Å²) >= 11 is 0. The number of likely N-dealkylation sites (N-methyl/N-ethyl adjacent to an activating group) is 1. The molecule has 1 aliphatic carbocycles. The molecule has 128 valence electrons. The fourth-order valence-corrected chi connectivity index (χ4v) is 3.25. The summed E-state index contributed by atoms with van der Waals surface area (Å²) in [6.45, 7) is 6.59. The number of benzene rings is 1. The predicted molar refractivity (Wildman–Crippen MR) is 93.3 cm³/mol. The number of hydrogen-bond donors (Lipinski definition) is 1. The Hall–Kier alpha value is -1.55. The number of nitrogens with zero attached hydrogens (tertiary/aromatic N) is 1. The Balaban J connectivity index is 1.96. The van der Waals surface area contributed by atoms with Gasteiger partial charge in [-0.3, -0.25) is 4.90 Å². The molecule has 0 saturated heterocycles. The number of ether oxygens (including phenoxy) is 1. The van der Waals surface area contributed by atoms with E-state index in [1.807, 2.05) is 26.8 Å². The highest BCUT2D eigenvalue weighted by atomic mass is 16.6. The van der Waals surface area contributed by atoms with Gasteiger partial charge in [-0.15, -0.1) is 0 Å². The Morgan fingerprint density at radius 2 is 1.87 bits per heavy atom. The molecule has 2 atom stereocenters. The molecule has 1 aliphatic rings. The first kappa shape index (κ1) is 17.8. The molecule has 0 aliphatic heterocycles. The van der Waals surface area contributed by atoms with Crippen molar-refractivity contribution in [2.45, 2.75) is 70.7 Å². The second kappa shape index (κ2) is 7.82. The maximum atomic E-state index is 12.1. The highest BCUT2D eigenvalue weighted by Crippen LogP contribution is 2.24. The largest absolute Gasteiger partial charge is 0.444 e. The van der Waals surface area contributed by atoms with Gasteiger partial charge in [-0.1, -0.05) is 43.2 Å². The van der Waals surface area contributed by atoms with Crippen molar-refractivity contribution < 1.29 is 9.53 Å². The minimum absolute atomic E-state index is 0.160. The molecule has 1 aromatic rings. The maximum absolute atomic E-state index is 12.1. The van der Waals surface area contributed by atoms with Gasteiger partial charge >= 0.3 is 6.09 Å². The van der Waals surface area contributed by atoms with Crippen molar-refractivity contribution in [1.82, 2.24) is 10.2 Å². The van der Waals surface area contributed by atoms with Crippen LogP contribution in [0.2, 0.25) is 0 Å². The molecule has 1 fully saturated rings. The molecule has 1 amide bonds. The molecule has 1 N–H and O–H groups in total. The molecule has 0 heterocycles. The van der Waals surface area contributed by atoms with E-state index in [9.17, 15) is 4.79 Å². The molecular formula is C19H30N2O2. The van der Waals surface area contributed by atoms with Gasteiger partial charge < -0.3 is 10.1 Å². The Kier molecular flexibility index (Phi) is 6.05. The van der Waals surface area contributed by atoms with Crippen LogP contribution < -0.4 is 5.32 Å². The lowest BCUT2D eigenvalue weighted by Gasteiger charge is -2.38. The van der Waals surface area contributed by atoms with Crippen LogP contribution in [0.1, 0.15) is 52.0 Å². The number of hydrogen-bond acceptors (Lipinski definition) is 3. The topological polar surface area (TPSA) is 41.6 Å². The molecule has 0 aromatic heterocycles. The van der Waals surface area contributed by atoms with Gasteiger partial charge in [0.15, 0.2) is 0 Å². The first-order chi connectivity index (χ1) is 10.8. The number of rotatable bonds is 4. The smallest absolute Gasteiger partial charge is 0.407 e. The quantitative estimate of drug-likeness (QED) is 0.914. The van der Waals surface area contributed by atoms with E-state index < -0.39 is 5.60 Å². The molecule has 0 spiro atoms. The molecule has 23 heavy (non-hydrogen) atoms. The summed E-state index contributed by atoms with van der Waals surface area (Å²) in [5.41, 5.74) is 0.848. The summed E-state index contributed by atoms with van der Waals surface area (Å²) in [7, 11) is 2.15. The highest BCUT2D eigenvalue weighted by molar-refractivity contribution is 5.68. The fourth-order valence-electron chi connectivity index (χ4n) is 3.25. The van der Waals surface area contributed by atoms with Crippen LogP contribution in [0.25, 0.3) is 0 Å². The Bertz CT molecular complexity index is 496. The highest BCUT2D eigenvalue weighted by Gasteiger charge is 2.30. The molecule has 1 saturated carbocycles.